The Balaban J connectivity index is 1.61. The van der Waals surface area contributed by atoms with Crippen LogP contribution in [-0.4, -0.2) is 19.0 Å². The first kappa shape index (κ1) is 17.7. The van der Waals surface area contributed by atoms with Gasteiger partial charge in [0.15, 0.2) is 0 Å². The Morgan fingerprint density at radius 1 is 1.31 bits per heavy atom. The fourth-order valence-electron chi connectivity index (χ4n) is 3.19. The van der Waals surface area contributed by atoms with E-state index < -0.39 is 5.82 Å². The van der Waals surface area contributed by atoms with E-state index in [2.05, 4.69) is 10.2 Å². The monoisotopic (exact) mass is 352 g/mol. The van der Waals surface area contributed by atoms with Gasteiger partial charge in [0, 0.05) is 25.3 Å². The number of hydrogen-bond acceptors (Lipinski definition) is 4. The highest BCUT2D eigenvalue weighted by Gasteiger charge is 2.23. The second kappa shape index (κ2) is 7.87. The smallest absolute Gasteiger partial charge is 0.222 e. The number of carbonyl (C=O) groups is 1. The van der Waals surface area contributed by atoms with Crippen molar-refractivity contribution in [2.24, 2.45) is 11.7 Å². The average Bonchev–Trinajstić information content (AvgIpc) is 2.67. The van der Waals surface area contributed by atoms with E-state index in [0.29, 0.717) is 24.3 Å². The van der Waals surface area contributed by atoms with E-state index >= 15 is 0 Å². The molecule has 134 valence electrons. The van der Waals surface area contributed by atoms with E-state index in [1.54, 1.807) is 12.1 Å². The Bertz CT molecular complexity index is 829. The number of piperidine rings is 1. The van der Waals surface area contributed by atoms with Crippen molar-refractivity contribution in [1.82, 2.24) is 0 Å². The third-order valence-corrected chi connectivity index (χ3v) is 4.71. The van der Waals surface area contributed by atoms with Gasteiger partial charge in [-0.2, -0.15) is 5.26 Å². The van der Waals surface area contributed by atoms with Crippen molar-refractivity contribution in [3.05, 3.63) is 59.4 Å². The number of amides is 1. The van der Waals surface area contributed by atoms with Gasteiger partial charge in [-0.1, -0.05) is 12.1 Å². The SMILES string of the molecule is N#Cc1ccc(NCc2ccc(N3CCCC(C(N)=O)C3)cc2)c(F)c1. The number of carbonyl (C=O) groups excluding carboxylic acids is 1. The summed E-state index contributed by atoms with van der Waals surface area (Å²) >= 11 is 0. The molecule has 1 aliphatic heterocycles. The number of hydrogen-bond donors (Lipinski definition) is 2. The molecule has 26 heavy (non-hydrogen) atoms. The Morgan fingerprint density at radius 3 is 2.73 bits per heavy atom. The molecule has 1 unspecified atom stereocenters. The van der Waals surface area contributed by atoms with Crippen molar-refractivity contribution in [3.8, 4) is 6.07 Å². The van der Waals surface area contributed by atoms with E-state index in [4.69, 9.17) is 11.0 Å². The minimum atomic E-state index is -0.438. The molecule has 0 aromatic heterocycles. The zero-order valence-electron chi connectivity index (χ0n) is 14.4. The molecule has 2 aromatic rings. The Hall–Kier alpha value is -3.07. The fraction of sp³-hybridized carbons (Fsp3) is 0.300. The van der Waals surface area contributed by atoms with Crippen molar-refractivity contribution in [1.29, 1.82) is 5.26 Å². The molecule has 1 saturated heterocycles. The zero-order valence-corrected chi connectivity index (χ0v) is 14.4. The van der Waals surface area contributed by atoms with Crippen LogP contribution in [0, 0.1) is 23.1 Å². The highest BCUT2D eigenvalue weighted by atomic mass is 19.1. The average molecular weight is 352 g/mol. The molecule has 1 amide bonds. The molecular weight excluding hydrogens is 331 g/mol. The lowest BCUT2D eigenvalue weighted by atomic mass is 9.97. The molecule has 1 aliphatic rings. The molecule has 6 heteroatoms. The van der Waals surface area contributed by atoms with Crippen LogP contribution >= 0.6 is 0 Å². The van der Waals surface area contributed by atoms with Crippen molar-refractivity contribution >= 4 is 17.3 Å². The molecule has 2 aromatic carbocycles. The van der Waals surface area contributed by atoms with E-state index in [1.807, 2.05) is 30.3 Å². The van der Waals surface area contributed by atoms with Gasteiger partial charge in [0.1, 0.15) is 5.82 Å². The van der Waals surface area contributed by atoms with E-state index in [1.165, 1.54) is 6.07 Å². The topological polar surface area (TPSA) is 82.2 Å². The lowest BCUT2D eigenvalue weighted by Crippen LogP contribution is -2.41. The second-order valence-corrected chi connectivity index (χ2v) is 6.51. The molecule has 1 atom stereocenters. The Labute approximate surface area is 152 Å². The maximum atomic E-state index is 13.9. The molecule has 0 aliphatic carbocycles. The Kier molecular flexibility index (Phi) is 5.37. The number of anilines is 2. The van der Waals surface area contributed by atoms with Crippen LogP contribution < -0.4 is 16.0 Å². The van der Waals surface area contributed by atoms with Crippen LogP contribution in [0.4, 0.5) is 15.8 Å². The number of rotatable bonds is 5. The summed E-state index contributed by atoms with van der Waals surface area (Å²) in [6.45, 7) is 2.05. The summed E-state index contributed by atoms with van der Waals surface area (Å²) in [5, 5.41) is 11.8. The highest BCUT2D eigenvalue weighted by Crippen LogP contribution is 2.24. The molecule has 0 saturated carbocycles. The molecule has 0 radical (unpaired) electrons. The summed E-state index contributed by atoms with van der Waals surface area (Å²) in [5.41, 5.74) is 8.18. The van der Waals surface area contributed by atoms with Crippen LogP contribution in [0.5, 0.6) is 0 Å². The molecule has 5 nitrogen and oxygen atoms in total. The number of benzene rings is 2. The molecule has 3 N–H and O–H groups in total. The van der Waals surface area contributed by atoms with Gasteiger partial charge in [-0.05, 0) is 48.7 Å². The summed E-state index contributed by atoms with van der Waals surface area (Å²) < 4.78 is 13.9. The predicted octanol–water partition coefficient (Wildman–Crippen LogP) is 3.01. The number of halogens is 1. The van der Waals surface area contributed by atoms with Crippen molar-refractivity contribution < 1.29 is 9.18 Å². The summed E-state index contributed by atoms with van der Waals surface area (Å²) in [6.07, 6.45) is 1.80. The molecule has 1 fully saturated rings. The zero-order chi connectivity index (χ0) is 18.5. The minimum absolute atomic E-state index is 0.0931. The van der Waals surface area contributed by atoms with Crippen LogP contribution in [0.15, 0.2) is 42.5 Å². The fourth-order valence-corrected chi connectivity index (χ4v) is 3.19. The first-order chi connectivity index (χ1) is 12.6. The van der Waals surface area contributed by atoms with Crippen LogP contribution in [0.2, 0.25) is 0 Å². The van der Waals surface area contributed by atoms with Gasteiger partial charge in [-0.25, -0.2) is 4.39 Å². The van der Waals surface area contributed by atoms with Gasteiger partial charge in [0.05, 0.1) is 23.2 Å². The van der Waals surface area contributed by atoms with Crippen LogP contribution in [0.3, 0.4) is 0 Å². The van der Waals surface area contributed by atoms with Crippen molar-refractivity contribution in [2.45, 2.75) is 19.4 Å². The maximum Gasteiger partial charge on any atom is 0.222 e. The van der Waals surface area contributed by atoms with E-state index in [-0.39, 0.29) is 11.8 Å². The second-order valence-electron chi connectivity index (χ2n) is 6.51. The summed E-state index contributed by atoms with van der Waals surface area (Å²) in [4.78, 5) is 13.6. The standard InChI is InChI=1S/C20H21FN4O/c21-18-10-15(11-22)5-8-19(18)24-12-14-3-6-17(7-4-14)25-9-1-2-16(13-25)20(23)26/h3-8,10,16,24H,1-2,9,12-13H2,(H2,23,26). The van der Waals surface area contributed by atoms with Gasteiger partial charge in [0.25, 0.3) is 0 Å². The lowest BCUT2D eigenvalue weighted by molar-refractivity contribution is -0.122. The lowest BCUT2D eigenvalue weighted by Gasteiger charge is -2.33. The van der Waals surface area contributed by atoms with Gasteiger partial charge < -0.3 is 16.0 Å². The molecule has 3 rings (SSSR count). The molecule has 0 spiro atoms. The predicted molar refractivity (Wildman–Crippen MR) is 99.0 cm³/mol. The largest absolute Gasteiger partial charge is 0.379 e. The van der Waals surface area contributed by atoms with Gasteiger partial charge in [-0.3, -0.25) is 4.79 Å². The molecule has 1 heterocycles. The Morgan fingerprint density at radius 2 is 2.08 bits per heavy atom. The van der Waals surface area contributed by atoms with Gasteiger partial charge >= 0.3 is 0 Å². The number of nitrogens with zero attached hydrogens (tertiary/aromatic N) is 2. The summed E-state index contributed by atoms with van der Waals surface area (Å²) in [7, 11) is 0. The van der Waals surface area contributed by atoms with Crippen molar-refractivity contribution in [3.63, 3.8) is 0 Å². The third kappa shape index (κ3) is 4.12. The van der Waals surface area contributed by atoms with Crippen LogP contribution in [0.1, 0.15) is 24.0 Å². The molecule has 0 bridgehead atoms. The van der Waals surface area contributed by atoms with E-state index in [0.717, 1.165) is 30.6 Å². The number of nitrogens with two attached hydrogens (primary N) is 1. The number of nitrogens with one attached hydrogen (secondary N) is 1. The van der Waals surface area contributed by atoms with Gasteiger partial charge in [-0.15, -0.1) is 0 Å². The third-order valence-electron chi connectivity index (χ3n) is 4.71. The summed E-state index contributed by atoms with van der Waals surface area (Å²) in [6, 6.07) is 14.3. The normalized spacial score (nSPS) is 16.8. The quantitative estimate of drug-likeness (QED) is 0.867. The molecular formula is C20H21FN4O. The first-order valence-electron chi connectivity index (χ1n) is 8.63. The highest BCUT2D eigenvalue weighted by molar-refractivity contribution is 5.77. The number of nitriles is 1. The van der Waals surface area contributed by atoms with E-state index in [9.17, 15) is 9.18 Å². The first-order valence-corrected chi connectivity index (χ1v) is 8.63. The van der Waals surface area contributed by atoms with Gasteiger partial charge in [0.2, 0.25) is 5.91 Å². The van der Waals surface area contributed by atoms with Crippen molar-refractivity contribution in [2.75, 3.05) is 23.3 Å². The maximum absolute atomic E-state index is 13.9. The minimum Gasteiger partial charge on any atom is -0.379 e. The number of primary amides is 1. The summed E-state index contributed by atoms with van der Waals surface area (Å²) in [5.74, 6) is -0.768. The van der Waals surface area contributed by atoms with Crippen LogP contribution in [-0.2, 0) is 11.3 Å². The van der Waals surface area contributed by atoms with Crippen LogP contribution in [0.25, 0.3) is 0 Å².